The van der Waals surface area contributed by atoms with Crippen LogP contribution in [0, 0.1) is 0 Å². The van der Waals surface area contributed by atoms with E-state index in [4.69, 9.17) is 4.42 Å². The summed E-state index contributed by atoms with van der Waals surface area (Å²) in [5.74, 6) is 0.165. The highest BCUT2D eigenvalue weighted by molar-refractivity contribution is 7.99. The van der Waals surface area contributed by atoms with Crippen LogP contribution in [0.4, 0.5) is 0 Å². The Kier molecular flexibility index (Phi) is 9.10. The van der Waals surface area contributed by atoms with E-state index < -0.39 is 0 Å². The minimum atomic E-state index is -0.211. The monoisotopic (exact) mass is 901 g/mol. The average Bonchev–Trinajstić information content (AvgIpc) is 4.02. The van der Waals surface area contributed by atoms with Gasteiger partial charge in [-0.25, -0.2) is 0 Å². The van der Waals surface area contributed by atoms with E-state index in [2.05, 4.69) is 243 Å². The van der Waals surface area contributed by atoms with Crippen molar-refractivity contribution >= 4 is 55.4 Å². The summed E-state index contributed by atoms with van der Waals surface area (Å²) in [7, 11) is 0. The third-order valence-corrected chi connectivity index (χ3v) is 16.6. The molecule has 2 atom stereocenters. The quantitative estimate of drug-likeness (QED) is 0.159. The topological polar surface area (TPSA) is 18.1 Å². The molecule has 3 heterocycles. The Balaban J connectivity index is 0.866. The van der Waals surface area contributed by atoms with Crippen LogP contribution in [0.2, 0.25) is 0 Å². The van der Waals surface area contributed by atoms with Crippen molar-refractivity contribution in [2.45, 2.75) is 47.3 Å². The van der Waals surface area contributed by atoms with Gasteiger partial charge in [-0.2, -0.15) is 0 Å². The van der Waals surface area contributed by atoms with Gasteiger partial charge >= 0.3 is 0 Å². The molecule has 0 bridgehead atoms. The lowest BCUT2D eigenvalue weighted by molar-refractivity contribution is 0.655. The zero-order valence-electron chi connectivity index (χ0n) is 38.5. The molecule has 0 saturated carbocycles. The fraction of sp³-hybridized carbons (Fsp3) is 0.0909. The Morgan fingerprint density at radius 2 is 1.22 bits per heavy atom. The van der Waals surface area contributed by atoms with Crippen molar-refractivity contribution in [1.82, 2.24) is 4.57 Å². The summed E-state index contributed by atoms with van der Waals surface area (Å²) in [5, 5.41) is 6.11. The van der Waals surface area contributed by atoms with Crippen LogP contribution >= 0.6 is 11.8 Å². The number of rotatable bonds is 7. The first-order valence-corrected chi connectivity index (χ1v) is 25.0. The first kappa shape index (κ1) is 40.2. The predicted octanol–water partition coefficient (Wildman–Crippen LogP) is 17.7. The summed E-state index contributed by atoms with van der Waals surface area (Å²) in [6.07, 6.45) is 0.855. The number of para-hydroxylation sites is 2. The number of aromatic nitrogens is 1. The number of fused-ring (bicyclic) bond motifs is 12. The zero-order chi connectivity index (χ0) is 45.8. The molecule has 0 saturated heterocycles. The second-order valence-corrected chi connectivity index (χ2v) is 20.6. The van der Waals surface area contributed by atoms with E-state index in [0.29, 0.717) is 0 Å². The summed E-state index contributed by atoms with van der Waals surface area (Å²) in [4.78, 5) is 2.68. The molecular formula is C66H47NOS. The van der Waals surface area contributed by atoms with Gasteiger partial charge in [0, 0.05) is 48.7 Å². The first-order chi connectivity index (χ1) is 34.0. The third-order valence-electron chi connectivity index (χ3n) is 15.3. The van der Waals surface area contributed by atoms with Gasteiger partial charge in [-0.1, -0.05) is 214 Å². The minimum absolute atomic E-state index is 0.0577. The molecule has 69 heavy (non-hydrogen) atoms. The summed E-state index contributed by atoms with van der Waals surface area (Å²) in [6.45, 7) is 4.86. The minimum Gasteiger partial charge on any atom is -0.456 e. The Bertz CT molecular complexity index is 3990. The molecule has 1 aliphatic carbocycles. The molecule has 10 aromatic carbocycles. The normalized spacial score (nSPS) is 15.0. The molecule has 3 heteroatoms. The van der Waals surface area contributed by atoms with Gasteiger partial charge in [0.2, 0.25) is 0 Å². The Labute approximate surface area is 406 Å². The van der Waals surface area contributed by atoms with Crippen molar-refractivity contribution in [3.63, 3.8) is 0 Å². The van der Waals surface area contributed by atoms with Crippen molar-refractivity contribution in [2.24, 2.45) is 0 Å². The predicted molar refractivity (Wildman–Crippen MR) is 287 cm³/mol. The maximum atomic E-state index is 6.67. The SMILES string of the molecule is CC1(C)c2cc(CC(c3ccc(-c4ccccc4)cc3)c3ccc4c(c3)oc3ccc5ccccc5c34)ccc2-c2ccc(C3c4ccccc4Sc4c3n(-c3ccccc3)c3ccccc43)cc21. The van der Waals surface area contributed by atoms with E-state index in [0.717, 1.165) is 23.0 Å². The maximum absolute atomic E-state index is 6.67. The van der Waals surface area contributed by atoms with Crippen molar-refractivity contribution in [3.8, 4) is 27.9 Å². The van der Waals surface area contributed by atoms with Gasteiger partial charge in [0.05, 0.1) is 11.4 Å². The first-order valence-electron chi connectivity index (χ1n) is 24.2. The molecule has 0 radical (unpaired) electrons. The van der Waals surface area contributed by atoms with Gasteiger partial charge in [-0.3, -0.25) is 0 Å². The van der Waals surface area contributed by atoms with Crippen LogP contribution in [0.15, 0.2) is 239 Å². The number of hydrogen-bond donors (Lipinski definition) is 0. The molecule has 328 valence electrons. The van der Waals surface area contributed by atoms with Crippen molar-refractivity contribution in [3.05, 3.63) is 269 Å². The largest absolute Gasteiger partial charge is 0.456 e. The van der Waals surface area contributed by atoms with Crippen molar-refractivity contribution in [1.29, 1.82) is 0 Å². The van der Waals surface area contributed by atoms with Crippen molar-refractivity contribution < 1.29 is 4.42 Å². The summed E-state index contributed by atoms with van der Waals surface area (Å²) < 4.78 is 9.20. The molecule has 0 amide bonds. The lowest BCUT2D eigenvalue weighted by Gasteiger charge is -2.30. The summed E-state index contributed by atoms with van der Waals surface area (Å²) >= 11 is 1.92. The van der Waals surface area contributed by atoms with Crippen LogP contribution in [-0.2, 0) is 11.8 Å². The number of furan rings is 1. The van der Waals surface area contributed by atoms with Gasteiger partial charge in [0.25, 0.3) is 0 Å². The van der Waals surface area contributed by atoms with Crippen LogP contribution in [-0.4, -0.2) is 4.57 Å². The summed E-state index contributed by atoms with van der Waals surface area (Å²) in [6, 6.07) is 83.4. The lowest BCUT2D eigenvalue weighted by atomic mass is 9.78. The highest BCUT2D eigenvalue weighted by atomic mass is 32.2. The fourth-order valence-corrected chi connectivity index (χ4v) is 13.2. The zero-order valence-corrected chi connectivity index (χ0v) is 39.3. The van der Waals surface area contributed by atoms with Gasteiger partial charge in [-0.05, 0) is 115 Å². The Morgan fingerprint density at radius 1 is 0.536 bits per heavy atom. The molecule has 12 aromatic rings. The standard InChI is InChI=1S/C66H47NOS/c1-66(2)56-38-41(37-55(45-28-26-43(27-29-45)42-15-5-3-6-16-42)46-30-35-53-60(40-46)68-59-36-32-44-17-9-10-20-49(44)63(53)59)25-33-50(56)51-34-31-47(39-57(51)66)62-54-22-12-14-24-61(54)69-65-52-21-11-13-23-58(52)67(64(62)65)48-18-7-4-8-19-48/h3-36,38-40,55,62H,37H2,1-2H3. The maximum Gasteiger partial charge on any atom is 0.136 e. The van der Waals surface area contributed by atoms with E-state index in [1.807, 2.05) is 11.8 Å². The Hall–Kier alpha value is -7.85. The number of nitrogens with zero attached hydrogens (tertiary/aromatic N) is 1. The Morgan fingerprint density at radius 3 is 2.06 bits per heavy atom. The smallest absolute Gasteiger partial charge is 0.136 e. The second-order valence-electron chi connectivity index (χ2n) is 19.5. The van der Waals surface area contributed by atoms with E-state index in [-0.39, 0.29) is 17.3 Å². The van der Waals surface area contributed by atoms with E-state index in [1.54, 1.807) is 0 Å². The molecule has 14 rings (SSSR count). The molecule has 2 nitrogen and oxygen atoms in total. The van der Waals surface area contributed by atoms with Crippen LogP contribution in [0.25, 0.3) is 71.6 Å². The van der Waals surface area contributed by atoms with Crippen LogP contribution < -0.4 is 0 Å². The molecule has 2 aromatic heterocycles. The van der Waals surface area contributed by atoms with Crippen LogP contribution in [0.3, 0.4) is 0 Å². The summed E-state index contributed by atoms with van der Waals surface area (Å²) in [5.41, 5.74) is 19.9. The molecule has 0 spiro atoms. The second kappa shape index (κ2) is 15.6. The average molecular weight is 902 g/mol. The van der Waals surface area contributed by atoms with E-state index >= 15 is 0 Å². The molecule has 1 aliphatic heterocycles. The lowest BCUT2D eigenvalue weighted by Crippen LogP contribution is -2.18. The van der Waals surface area contributed by atoms with Crippen molar-refractivity contribution in [2.75, 3.05) is 0 Å². The van der Waals surface area contributed by atoms with E-state index in [9.17, 15) is 0 Å². The third kappa shape index (κ3) is 6.34. The molecule has 0 N–H and O–H groups in total. The molecule has 0 fully saturated rings. The molecular weight excluding hydrogens is 855 g/mol. The number of hydrogen-bond acceptors (Lipinski definition) is 2. The fourth-order valence-electron chi connectivity index (χ4n) is 11.9. The van der Waals surface area contributed by atoms with Crippen LogP contribution in [0.5, 0.6) is 0 Å². The van der Waals surface area contributed by atoms with Gasteiger partial charge in [-0.15, -0.1) is 0 Å². The molecule has 2 aliphatic rings. The van der Waals surface area contributed by atoms with Gasteiger partial charge in [0.15, 0.2) is 0 Å². The highest BCUT2D eigenvalue weighted by Gasteiger charge is 2.39. The van der Waals surface area contributed by atoms with E-state index in [1.165, 1.54) is 109 Å². The van der Waals surface area contributed by atoms with Gasteiger partial charge < -0.3 is 8.98 Å². The number of benzene rings is 10. The highest BCUT2D eigenvalue weighted by Crippen LogP contribution is 2.55. The van der Waals surface area contributed by atoms with Crippen LogP contribution in [0.1, 0.15) is 70.3 Å². The molecule has 2 unspecified atom stereocenters. The van der Waals surface area contributed by atoms with Gasteiger partial charge in [0.1, 0.15) is 11.2 Å².